The normalized spacial score (nSPS) is 12.8. The lowest BCUT2D eigenvalue weighted by atomic mass is 10.0. The van der Waals surface area contributed by atoms with Crippen LogP contribution in [0, 0.1) is 0 Å². The summed E-state index contributed by atoms with van der Waals surface area (Å²) < 4.78 is 3.81. The fraction of sp³-hybridized carbons (Fsp3) is 0.571. The highest BCUT2D eigenvalue weighted by Crippen LogP contribution is 2.18. The number of hydrogen-bond donors (Lipinski definition) is 1. The molecule has 0 bridgehead atoms. The summed E-state index contributed by atoms with van der Waals surface area (Å²) in [6.45, 7) is 3.22. The molecule has 1 unspecified atom stereocenters. The van der Waals surface area contributed by atoms with Crippen molar-refractivity contribution in [3.05, 3.63) is 35.9 Å². The van der Waals surface area contributed by atoms with Crippen LogP contribution in [0.2, 0.25) is 0 Å². The van der Waals surface area contributed by atoms with Gasteiger partial charge in [-0.15, -0.1) is 0 Å². The maximum Gasteiger partial charge on any atom is 0.0537 e. The molecule has 0 aliphatic rings. The molecule has 0 amide bonds. The van der Waals surface area contributed by atoms with E-state index in [2.05, 4.69) is 34.7 Å². The largest absolute Gasteiger partial charge is 0.310 e. The molecule has 2 heterocycles. The third kappa shape index (κ3) is 3.67. The van der Waals surface area contributed by atoms with E-state index < -0.39 is 0 Å². The predicted octanol–water partition coefficient (Wildman–Crippen LogP) is 1.83. The molecule has 0 fully saturated rings. The fourth-order valence-electron chi connectivity index (χ4n) is 2.26. The van der Waals surface area contributed by atoms with E-state index in [-0.39, 0.29) is 0 Å². The zero-order valence-corrected chi connectivity index (χ0v) is 12.0. The van der Waals surface area contributed by atoms with Crippen LogP contribution in [0.5, 0.6) is 0 Å². The lowest BCUT2D eigenvalue weighted by molar-refractivity contribution is 0.491. The molecule has 0 radical (unpaired) electrons. The van der Waals surface area contributed by atoms with Gasteiger partial charge in [-0.05, 0) is 31.9 Å². The van der Waals surface area contributed by atoms with Crippen LogP contribution < -0.4 is 5.32 Å². The second-order valence-corrected chi connectivity index (χ2v) is 4.94. The molecule has 19 heavy (non-hydrogen) atoms. The van der Waals surface area contributed by atoms with Crippen molar-refractivity contribution in [2.45, 2.75) is 32.2 Å². The van der Waals surface area contributed by atoms with Crippen molar-refractivity contribution in [1.82, 2.24) is 24.9 Å². The highest BCUT2D eigenvalue weighted by atomic mass is 15.3. The van der Waals surface area contributed by atoms with Gasteiger partial charge in [0, 0.05) is 43.8 Å². The number of hydrogen-bond acceptors (Lipinski definition) is 3. The molecule has 2 rings (SSSR count). The molecular weight excluding hydrogens is 238 g/mol. The lowest BCUT2D eigenvalue weighted by Gasteiger charge is -2.17. The summed E-state index contributed by atoms with van der Waals surface area (Å²) in [6, 6.07) is 2.45. The van der Waals surface area contributed by atoms with Gasteiger partial charge < -0.3 is 5.32 Å². The van der Waals surface area contributed by atoms with Crippen LogP contribution in [-0.4, -0.2) is 26.1 Å². The first kappa shape index (κ1) is 13.8. The van der Waals surface area contributed by atoms with E-state index >= 15 is 0 Å². The zero-order chi connectivity index (χ0) is 13.7. The van der Waals surface area contributed by atoms with Crippen molar-refractivity contribution >= 4 is 0 Å². The summed E-state index contributed by atoms with van der Waals surface area (Å²) in [7, 11) is 3.95. The lowest BCUT2D eigenvalue weighted by Crippen LogP contribution is -2.22. The smallest absolute Gasteiger partial charge is 0.0537 e. The number of rotatable bonds is 7. The van der Waals surface area contributed by atoms with Crippen molar-refractivity contribution in [3.8, 4) is 0 Å². The van der Waals surface area contributed by atoms with Crippen LogP contribution >= 0.6 is 0 Å². The Morgan fingerprint density at radius 3 is 2.74 bits per heavy atom. The average molecular weight is 261 g/mol. The first-order chi connectivity index (χ1) is 9.20. The molecule has 0 aromatic carbocycles. The van der Waals surface area contributed by atoms with E-state index in [1.807, 2.05) is 35.9 Å². The number of aryl methyl sites for hydroxylation is 3. The average Bonchev–Trinajstić information content (AvgIpc) is 2.99. The molecule has 0 aliphatic heterocycles. The minimum Gasteiger partial charge on any atom is -0.310 e. The molecule has 1 N–H and O–H groups in total. The molecular formula is C14H23N5. The SMILES string of the molecule is CCCNC(CCc1ccnn1C)c1cnn(C)c1. The Balaban J connectivity index is 1.99. The fourth-order valence-corrected chi connectivity index (χ4v) is 2.26. The van der Waals surface area contributed by atoms with Gasteiger partial charge in [0.2, 0.25) is 0 Å². The van der Waals surface area contributed by atoms with E-state index in [1.54, 1.807) is 0 Å². The Morgan fingerprint density at radius 2 is 2.16 bits per heavy atom. The monoisotopic (exact) mass is 261 g/mol. The first-order valence-electron chi connectivity index (χ1n) is 6.89. The van der Waals surface area contributed by atoms with Crippen molar-refractivity contribution < 1.29 is 0 Å². The van der Waals surface area contributed by atoms with Crippen molar-refractivity contribution in [1.29, 1.82) is 0 Å². The van der Waals surface area contributed by atoms with Crippen molar-refractivity contribution in [2.75, 3.05) is 6.54 Å². The van der Waals surface area contributed by atoms with E-state index in [9.17, 15) is 0 Å². The Morgan fingerprint density at radius 1 is 1.32 bits per heavy atom. The summed E-state index contributed by atoms with van der Waals surface area (Å²) in [4.78, 5) is 0. The minimum absolute atomic E-state index is 0.364. The van der Waals surface area contributed by atoms with Crippen LogP contribution in [0.25, 0.3) is 0 Å². The first-order valence-corrected chi connectivity index (χ1v) is 6.89. The summed E-state index contributed by atoms with van der Waals surface area (Å²) in [5.74, 6) is 0. The standard InChI is InChI=1S/C14H23N5/c1-4-8-15-14(12-10-17-18(2)11-12)6-5-13-7-9-16-19(13)3/h7,9-11,14-15H,4-6,8H2,1-3H3. The van der Waals surface area contributed by atoms with Gasteiger partial charge in [-0.2, -0.15) is 10.2 Å². The Hall–Kier alpha value is -1.62. The minimum atomic E-state index is 0.364. The van der Waals surface area contributed by atoms with Gasteiger partial charge in [0.05, 0.1) is 6.20 Å². The van der Waals surface area contributed by atoms with Crippen LogP contribution in [0.4, 0.5) is 0 Å². The third-order valence-corrected chi connectivity index (χ3v) is 3.38. The third-order valence-electron chi connectivity index (χ3n) is 3.38. The van der Waals surface area contributed by atoms with Crippen LogP contribution in [0.15, 0.2) is 24.7 Å². The van der Waals surface area contributed by atoms with Crippen molar-refractivity contribution in [2.24, 2.45) is 14.1 Å². The second kappa shape index (κ2) is 6.52. The van der Waals surface area contributed by atoms with Gasteiger partial charge in [0.1, 0.15) is 0 Å². The summed E-state index contributed by atoms with van der Waals surface area (Å²) in [5, 5.41) is 12.1. The van der Waals surface area contributed by atoms with E-state index in [1.165, 1.54) is 11.3 Å². The molecule has 0 saturated carbocycles. The Labute approximate surface area is 114 Å². The molecule has 0 aliphatic carbocycles. The van der Waals surface area contributed by atoms with E-state index in [0.717, 1.165) is 25.8 Å². The topological polar surface area (TPSA) is 47.7 Å². The van der Waals surface area contributed by atoms with Gasteiger partial charge in [0.25, 0.3) is 0 Å². The van der Waals surface area contributed by atoms with Crippen LogP contribution in [0.3, 0.4) is 0 Å². The van der Waals surface area contributed by atoms with Gasteiger partial charge in [-0.1, -0.05) is 6.92 Å². The van der Waals surface area contributed by atoms with Crippen molar-refractivity contribution in [3.63, 3.8) is 0 Å². The zero-order valence-electron chi connectivity index (χ0n) is 12.0. The van der Waals surface area contributed by atoms with Gasteiger partial charge in [-0.25, -0.2) is 0 Å². The molecule has 0 spiro atoms. The molecule has 2 aromatic rings. The summed E-state index contributed by atoms with van der Waals surface area (Å²) in [5.41, 5.74) is 2.53. The quantitative estimate of drug-likeness (QED) is 0.827. The maximum atomic E-state index is 4.27. The number of aromatic nitrogens is 4. The maximum absolute atomic E-state index is 4.27. The van der Waals surface area contributed by atoms with Crippen LogP contribution in [0.1, 0.15) is 37.1 Å². The van der Waals surface area contributed by atoms with Crippen LogP contribution in [-0.2, 0) is 20.5 Å². The van der Waals surface area contributed by atoms with E-state index in [4.69, 9.17) is 0 Å². The molecule has 5 heteroatoms. The summed E-state index contributed by atoms with van der Waals surface area (Å²) in [6.07, 6.45) is 9.13. The predicted molar refractivity (Wildman–Crippen MR) is 75.8 cm³/mol. The number of nitrogens with one attached hydrogen (secondary N) is 1. The Kier molecular flexibility index (Phi) is 4.74. The molecule has 0 saturated heterocycles. The van der Waals surface area contributed by atoms with Gasteiger partial charge in [-0.3, -0.25) is 9.36 Å². The Bertz CT molecular complexity index is 499. The van der Waals surface area contributed by atoms with E-state index in [0.29, 0.717) is 6.04 Å². The molecule has 2 aromatic heterocycles. The molecule has 104 valence electrons. The molecule has 5 nitrogen and oxygen atoms in total. The van der Waals surface area contributed by atoms with Gasteiger partial charge >= 0.3 is 0 Å². The second-order valence-electron chi connectivity index (χ2n) is 4.94. The highest BCUT2D eigenvalue weighted by Gasteiger charge is 2.13. The highest BCUT2D eigenvalue weighted by molar-refractivity contribution is 5.11. The summed E-state index contributed by atoms with van der Waals surface area (Å²) >= 11 is 0. The molecule has 1 atom stereocenters. The number of nitrogens with zero attached hydrogens (tertiary/aromatic N) is 4. The van der Waals surface area contributed by atoms with Gasteiger partial charge in [0.15, 0.2) is 0 Å².